The normalized spacial score (nSPS) is 14.8. The molecule has 30 heavy (non-hydrogen) atoms. The Morgan fingerprint density at radius 1 is 1.00 bits per heavy atom. The van der Waals surface area contributed by atoms with Crippen molar-refractivity contribution in [2.75, 3.05) is 13.1 Å². The number of aromatic amines is 2. The van der Waals surface area contributed by atoms with Gasteiger partial charge >= 0.3 is 0 Å². The second-order valence-electron chi connectivity index (χ2n) is 7.88. The summed E-state index contributed by atoms with van der Waals surface area (Å²) in [5.74, 6) is 0. The molecule has 7 nitrogen and oxygen atoms in total. The lowest BCUT2D eigenvalue weighted by molar-refractivity contribution is 0.331. The SMILES string of the molecule is c1cnc2[nH]c(-c3n[nH]c4cnc(-c5cncc(CN6CCCC6)c5)cc34)cc2c1. The molecule has 0 aliphatic carbocycles. The van der Waals surface area contributed by atoms with E-state index in [0.29, 0.717) is 0 Å². The summed E-state index contributed by atoms with van der Waals surface area (Å²) in [5.41, 5.74) is 6.72. The Balaban J connectivity index is 1.39. The third-order valence-electron chi connectivity index (χ3n) is 5.79. The minimum Gasteiger partial charge on any atom is -0.338 e. The number of nitrogens with one attached hydrogen (secondary N) is 2. The number of H-pyrrole nitrogens is 2. The Kier molecular flexibility index (Phi) is 4.06. The van der Waals surface area contributed by atoms with Crippen molar-refractivity contribution < 1.29 is 0 Å². The summed E-state index contributed by atoms with van der Waals surface area (Å²) in [4.78, 5) is 19.4. The molecule has 2 N–H and O–H groups in total. The molecule has 0 radical (unpaired) electrons. The molecule has 148 valence electrons. The third-order valence-corrected chi connectivity index (χ3v) is 5.79. The van der Waals surface area contributed by atoms with Crippen LogP contribution in [-0.4, -0.2) is 48.1 Å². The Morgan fingerprint density at radius 3 is 2.83 bits per heavy atom. The first-order valence-corrected chi connectivity index (χ1v) is 10.3. The summed E-state index contributed by atoms with van der Waals surface area (Å²) < 4.78 is 0. The van der Waals surface area contributed by atoms with Gasteiger partial charge in [-0.15, -0.1) is 0 Å². The van der Waals surface area contributed by atoms with Gasteiger partial charge in [0.1, 0.15) is 11.3 Å². The fourth-order valence-electron chi connectivity index (χ4n) is 4.28. The average Bonchev–Trinajstić information content (AvgIpc) is 3.52. The molecule has 1 aliphatic rings. The monoisotopic (exact) mass is 395 g/mol. The van der Waals surface area contributed by atoms with E-state index in [-0.39, 0.29) is 0 Å². The van der Waals surface area contributed by atoms with Gasteiger partial charge in [-0.05, 0) is 61.8 Å². The van der Waals surface area contributed by atoms with E-state index in [0.717, 1.165) is 51.1 Å². The van der Waals surface area contributed by atoms with E-state index in [4.69, 9.17) is 0 Å². The summed E-state index contributed by atoms with van der Waals surface area (Å²) >= 11 is 0. The van der Waals surface area contributed by atoms with Gasteiger partial charge in [0.25, 0.3) is 0 Å². The standard InChI is InChI=1S/C23H21N7/c1-2-7-30(6-1)14-15-8-17(12-24-11-15)19-10-18-21(13-26-19)28-29-22(18)20-9-16-4-3-5-25-23(16)27-20/h3-5,8-13H,1-2,6-7,14H2,(H,25,27)(H,28,29). The maximum Gasteiger partial charge on any atom is 0.137 e. The molecule has 0 bridgehead atoms. The van der Waals surface area contributed by atoms with Gasteiger partial charge in [0.05, 0.1) is 23.1 Å². The van der Waals surface area contributed by atoms with Gasteiger partial charge in [-0.2, -0.15) is 5.10 Å². The molecule has 5 aromatic rings. The molecular weight excluding hydrogens is 374 g/mol. The first kappa shape index (κ1) is 17.3. The molecule has 0 unspecified atom stereocenters. The second kappa shape index (κ2) is 7.03. The zero-order valence-electron chi connectivity index (χ0n) is 16.5. The smallest absolute Gasteiger partial charge is 0.137 e. The van der Waals surface area contributed by atoms with Crippen LogP contribution in [0.4, 0.5) is 0 Å². The molecule has 1 fully saturated rings. The summed E-state index contributed by atoms with van der Waals surface area (Å²) in [6.07, 6.45) is 10.1. The molecule has 7 heteroatoms. The van der Waals surface area contributed by atoms with Crippen LogP contribution in [0.1, 0.15) is 18.4 Å². The first-order valence-electron chi connectivity index (χ1n) is 10.3. The number of hydrogen-bond donors (Lipinski definition) is 2. The number of rotatable bonds is 4. The molecule has 1 aliphatic heterocycles. The van der Waals surface area contributed by atoms with Crippen molar-refractivity contribution in [2.24, 2.45) is 0 Å². The topological polar surface area (TPSA) is 86.4 Å². The van der Waals surface area contributed by atoms with E-state index in [1.54, 1.807) is 6.20 Å². The molecule has 0 saturated carbocycles. The maximum absolute atomic E-state index is 4.65. The molecule has 6 heterocycles. The van der Waals surface area contributed by atoms with Crippen LogP contribution < -0.4 is 0 Å². The predicted molar refractivity (Wildman–Crippen MR) is 117 cm³/mol. The summed E-state index contributed by atoms with van der Waals surface area (Å²) in [5, 5.41) is 9.72. The summed E-state index contributed by atoms with van der Waals surface area (Å²) in [6, 6.07) is 10.3. The van der Waals surface area contributed by atoms with Crippen LogP contribution in [0.15, 0.2) is 55.1 Å². The van der Waals surface area contributed by atoms with Crippen LogP contribution in [0.5, 0.6) is 0 Å². The van der Waals surface area contributed by atoms with Gasteiger partial charge in [0.15, 0.2) is 0 Å². The molecule has 0 atom stereocenters. The van der Waals surface area contributed by atoms with E-state index in [2.05, 4.69) is 53.2 Å². The minimum absolute atomic E-state index is 0.858. The van der Waals surface area contributed by atoms with Crippen LogP contribution in [0.2, 0.25) is 0 Å². The minimum atomic E-state index is 0.858. The largest absolute Gasteiger partial charge is 0.338 e. The van der Waals surface area contributed by atoms with Crippen molar-refractivity contribution in [3.8, 4) is 22.6 Å². The van der Waals surface area contributed by atoms with Crippen LogP contribution in [0.3, 0.4) is 0 Å². The average molecular weight is 395 g/mol. The fourth-order valence-corrected chi connectivity index (χ4v) is 4.28. The van der Waals surface area contributed by atoms with Crippen LogP contribution in [0, 0.1) is 0 Å². The Bertz CT molecular complexity index is 1310. The Labute approximate surface area is 173 Å². The van der Waals surface area contributed by atoms with Crippen molar-refractivity contribution >= 4 is 21.9 Å². The quantitative estimate of drug-likeness (QED) is 0.477. The first-order chi connectivity index (χ1) is 14.8. The number of likely N-dealkylation sites (tertiary alicyclic amines) is 1. The van der Waals surface area contributed by atoms with Gasteiger partial charge in [0, 0.05) is 41.5 Å². The van der Waals surface area contributed by atoms with Crippen molar-refractivity contribution in [2.45, 2.75) is 19.4 Å². The molecule has 1 saturated heterocycles. The van der Waals surface area contributed by atoms with E-state index >= 15 is 0 Å². The van der Waals surface area contributed by atoms with Crippen molar-refractivity contribution in [1.29, 1.82) is 0 Å². The molecule has 0 aromatic carbocycles. The maximum atomic E-state index is 4.65. The van der Waals surface area contributed by atoms with Crippen LogP contribution >= 0.6 is 0 Å². The second-order valence-corrected chi connectivity index (χ2v) is 7.88. The van der Waals surface area contributed by atoms with E-state index in [1.807, 2.05) is 30.7 Å². The van der Waals surface area contributed by atoms with Crippen LogP contribution in [0.25, 0.3) is 44.6 Å². The lowest BCUT2D eigenvalue weighted by Gasteiger charge is -2.14. The highest BCUT2D eigenvalue weighted by molar-refractivity contribution is 5.96. The van der Waals surface area contributed by atoms with E-state index in [1.165, 1.54) is 31.5 Å². The number of nitrogens with zero attached hydrogens (tertiary/aromatic N) is 5. The lowest BCUT2D eigenvalue weighted by atomic mass is 10.1. The Morgan fingerprint density at radius 2 is 1.93 bits per heavy atom. The molecule has 0 amide bonds. The van der Waals surface area contributed by atoms with Gasteiger partial charge in [-0.1, -0.05) is 0 Å². The van der Waals surface area contributed by atoms with E-state index < -0.39 is 0 Å². The molecular formula is C23H21N7. The number of hydrogen-bond acceptors (Lipinski definition) is 5. The number of fused-ring (bicyclic) bond motifs is 2. The van der Waals surface area contributed by atoms with Crippen molar-refractivity contribution in [3.05, 3.63) is 60.7 Å². The third kappa shape index (κ3) is 3.04. The highest BCUT2D eigenvalue weighted by Gasteiger charge is 2.15. The number of pyridine rings is 3. The fraction of sp³-hybridized carbons (Fsp3) is 0.217. The van der Waals surface area contributed by atoms with Gasteiger partial charge < -0.3 is 4.98 Å². The highest BCUT2D eigenvalue weighted by atomic mass is 15.1. The van der Waals surface area contributed by atoms with Crippen LogP contribution in [-0.2, 0) is 6.54 Å². The van der Waals surface area contributed by atoms with Crippen molar-refractivity contribution in [3.63, 3.8) is 0 Å². The molecule has 6 rings (SSSR count). The van der Waals surface area contributed by atoms with Gasteiger partial charge in [-0.25, -0.2) is 4.98 Å². The Hall–Kier alpha value is -3.58. The summed E-state index contributed by atoms with van der Waals surface area (Å²) in [7, 11) is 0. The summed E-state index contributed by atoms with van der Waals surface area (Å²) in [6.45, 7) is 3.29. The zero-order valence-corrected chi connectivity index (χ0v) is 16.5. The molecule has 5 aromatic heterocycles. The van der Waals surface area contributed by atoms with Gasteiger partial charge in [0.2, 0.25) is 0 Å². The van der Waals surface area contributed by atoms with Crippen molar-refractivity contribution in [1.82, 2.24) is 35.0 Å². The lowest BCUT2D eigenvalue weighted by Crippen LogP contribution is -2.18. The highest BCUT2D eigenvalue weighted by Crippen LogP contribution is 2.30. The number of aromatic nitrogens is 6. The molecule has 0 spiro atoms. The van der Waals surface area contributed by atoms with E-state index in [9.17, 15) is 0 Å². The predicted octanol–water partition coefficient (Wildman–Crippen LogP) is 4.16. The van der Waals surface area contributed by atoms with Gasteiger partial charge in [-0.3, -0.25) is 20.0 Å². The zero-order chi connectivity index (χ0) is 19.9.